The first-order valence-electron chi connectivity index (χ1n) is 7.86. The van der Waals surface area contributed by atoms with Crippen molar-refractivity contribution in [1.29, 1.82) is 0 Å². The molecule has 23 heavy (non-hydrogen) atoms. The molecule has 0 saturated carbocycles. The molecular formula is C16H28IN3O2S. The molecule has 0 atom stereocenters. The molecule has 1 heterocycles. The standard InChI is InChI=1S/C16H27N3O2S.HI/c1-3-17-16(19-12-14-9-11-22-13-14)18-10-7-5-4-6-8-15(20)21-2;/h9,11,13H,3-8,10,12H2,1-2H3,(H2,17,18,19);1H. The van der Waals surface area contributed by atoms with Crippen molar-refractivity contribution in [2.45, 2.75) is 45.6 Å². The van der Waals surface area contributed by atoms with Crippen molar-refractivity contribution in [3.05, 3.63) is 22.4 Å². The van der Waals surface area contributed by atoms with E-state index in [9.17, 15) is 4.79 Å². The van der Waals surface area contributed by atoms with E-state index in [1.54, 1.807) is 11.3 Å². The summed E-state index contributed by atoms with van der Waals surface area (Å²) in [5.41, 5.74) is 1.24. The zero-order valence-electron chi connectivity index (χ0n) is 14.0. The van der Waals surface area contributed by atoms with Gasteiger partial charge in [-0.15, -0.1) is 24.0 Å². The van der Waals surface area contributed by atoms with Crippen LogP contribution >= 0.6 is 35.3 Å². The van der Waals surface area contributed by atoms with Gasteiger partial charge < -0.3 is 15.4 Å². The van der Waals surface area contributed by atoms with Crippen molar-refractivity contribution in [2.24, 2.45) is 4.99 Å². The van der Waals surface area contributed by atoms with Crippen LogP contribution in [0.15, 0.2) is 21.8 Å². The van der Waals surface area contributed by atoms with Crippen molar-refractivity contribution in [3.8, 4) is 0 Å². The molecule has 0 aliphatic carbocycles. The quantitative estimate of drug-likeness (QED) is 0.187. The number of guanidine groups is 1. The number of rotatable bonds is 10. The lowest BCUT2D eigenvalue weighted by Crippen LogP contribution is -2.37. The van der Waals surface area contributed by atoms with Crippen LogP contribution in [0.2, 0.25) is 0 Å². The molecule has 0 amide bonds. The molecule has 0 aliphatic rings. The Morgan fingerprint density at radius 2 is 2.04 bits per heavy atom. The molecule has 0 radical (unpaired) electrons. The summed E-state index contributed by atoms with van der Waals surface area (Å²) in [4.78, 5) is 15.5. The minimum Gasteiger partial charge on any atom is -0.469 e. The van der Waals surface area contributed by atoms with Gasteiger partial charge in [0.25, 0.3) is 0 Å². The summed E-state index contributed by atoms with van der Waals surface area (Å²) in [6.07, 6.45) is 4.66. The summed E-state index contributed by atoms with van der Waals surface area (Å²) >= 11 is 1.69. The molecule has 1 rings (SSSR count). The number of hydrogen-bond acceptors (Lipinski definition) is 4. The third kappa shape index (κ3) is 11.4. The molecule has 2 N–H and O–H groups in total. The number of nitrogens with zero attached hydrogens (tertiary/aromatic N) is 1. The number of esters is 1. The van der Waals surface area contributed by atoms with Crippen LogP contribution in [0, 0.1) is 0 Å². The van der Waals surface area contributed by atoms with Crippen molar-refractivity contribution >= 4 is 47.2 Å². The summed E-state index contributed by atoms with van der Waals surface area (Å²) in [5.74, 6) is 0.747. The maximum atomic E-state index is 11.0. The van der Waals surface area contributed by atoms with E-state index >= 15 is 0 Å². The van der Waals surface area contributed by atoms with Crippen LogP contribution in [0.4, 0.5) is 0 Å². The Hall–Kier alpha value is -0.830. The smallest absolute Gasteiger partial charge is 0.305 e. The third-order valence-electron chi connectivity index (χ3n) is 3.17. The number of hydrogen-bond donors (Lipinski definition) is 2. The fourth-order valence-corrected chi connectivity index (χ4v) is 2.61. The number of thiophene rings is 1. The van der Waals surface area contributed by atoms with E-state index in [4.69, 9.17) is 0 Å². The lowest BCUT2D eigenvalue weighted by atomic mass is 10.1. The van der Waals surface area contributed by atoms with Gasteiger partial charge in [-0.3, -0.25) is 4.79 Å². The zero-order valence-corrected chi connectivity index (χ0v) is 17.1. The first-order valence-corrected chi connectivity index (χ1v) is 8.80. The number of unbranched alkanes of at least 4 members (excludes halogenated alkanes) is 3. The average molecular weight is 453 g/mol. The Morgan fingerprint density at radius 1 is 1.26 bits per heavy atom. The van der Waals surface area contributed by atoms with Crippen LogP contribution in [0.5, 0.6) is 0 Å². The normalized spacial score (nSPS) is 10.8. The molecule has 1 aromatic heterocycles. The first-order chi connectivity index (χ1) is 10.8. The predicted molar refractivity (Wildman–Crippen MR) is 108 cm³/mol. The maximum absolute atomic E-state index is 11.0. The number of ether oxygens (including phenoxy) is 1. The highest BCUT2D eigenvalue weighted by Crippen LogP contribution is 2.07. The third-order valence-corrected chi connectivity index (χ3v) is 3.90. The molecule has 0 aliphatic heterocycles. The zero-order chi connectivity index (χ0) is 16.0. The summed E-state index contributed by atoms with van der Waals surface area (Å²) < 4.78 is 4.62. The highest BCUT2D eigenvalue weighted by Gasteiger charge is 2.00. The van der Waals surface area contributed by atoms with Crippen molar-refractivity contribution in [1.82, 2.24) is 10.6 Å². The second-order valence-corrected chi connectivity index (χ2v) is 5.77. The van der Waals surface area contributed by atoms with Gasteiger partial charge in [-0.1, -0.05) is 12.8 Å². The van der Waals surface area contributed by atoms with Crippen LogP contribution in [0.25, 0.3) is 0 Å². The number of carbonyl (C=O) groups is 1. The van der Waals surface area contributed by atoms with Crippen molar-refractivity contribution < 1.29 is 9.53 Å². The van der Waals surface area contributed by atoms with Gasteiger partial charge in [-0.25, -0.2) is 4.99 Å². The number of carbonyl (C=O) groups excluding carboxylic acids is 1. The Labute approximate surface area is 160 Å². The van der Waals surface area contributed by atoms with E-state index < -0.39 is 0 Å². The second kappa shape index (κ2) is 14.7. The molecule has 5 nitrogen and oxygen atoms in total. The fourth-order valence-electron chi connectivity index (χ4n) is 1.95. The van der Waals surface area contributed by atoms with Gasteiger partial charge in [-0.05, 0) is 42.2 Å². The van der Waals surface area contributed by atoms with Gasteiger partial charge in [0.2, 0.25) is 0 Å². The highest BCUT2D eigenvalue weighted by molar-refractivity contribution is 14.0. The lowest BCUT2D eigenvalue weighted by molar-refractivity contribution is -0.140. The molecule has 0 unspecified atom stereocenters. The Morgan fingerprint density at radius 3 is 2.70 bits per heavy atom. The van der Waals surface area contributed by atoms with Gasteiger partial charge in [0, 0.05) is 19.5 Å². The number of aliphatic imine (C=N–C) groups is 1. The molecule has 0 fully saturated rings. The van der Waals surface area contributed by atoms with Gasteiger partial charge >= 0.3 is 5.97 Å². The molecular weight excluding hydrogens is 425 g/mol. The van der Waals surface area contributed by atoms with Crippen LogP contribution in [-0.2, 0) is 16.1 Å². The van der Waals surface area contributed by atoms with E-state index in [-0.39, 0.29) is 29.9 Å². The minimum atomic E-state index is -0.117. The summed E-state index contributed by atoms with van der Waals surface area (Å²) in [5, 5.41) is 10.8. The summed E-state index contributed by atoms with van der Waals surface area (Å²) in [6, 6.07) is 2.10. The van der Waals surface area contributed by atoms with Crippen LogP contribution < -0.4 is 10.6 Å². The molecule has 0 saturated heterocycles. The molecule has 0 spiro atoms. The van der Waals surface area contributed by atoms with Crippen LogP contribution in [0.1, 0.15) is 44.6 Å². The van der Waals surface area contributed by atoms with E-state index in [2.05, 4.69) is 44.1 Å². The van der Waals surface area contributed by atoms with Gasteiger partial charge in [0.15, 0.2) is 5.96 Å². The van der Waals surface area contributed by atoms with Gasteiger partial charge in [0.1, 0.15) is 0 Å². The highest BCUT2D eigenvalue weighted by atomic mass is 127. The van der Waals surface area contributed by atoms with E-state index in [1.807, 2.05) is 0 Å². The molecule has 1 aromatic rings. The van der Waals surface area contributed by atoms with E-state index in [1.165, 1.54) is 12.7 Å². The Kier molecular flexibility index (Phi) is 14.2. The van der Waals surface area contributed by atoms with E-state index in [0.29, 0.717) is 13.0 Å². The fraction of sp³-hybridized carbons (Fsp3) is 0.625. The second-order valence-electron chi connectivity index (χ2n) is 4.99. The minimum absolute atomic E-state index is 0. The predicted octanol–water partition coefficient (Wildman–Crippen LogP) is 3.54. The van der Waals surface area contributed by atoms with Gasteiger partial charge in [-0.2, -0.15) is 11.3 Å². The largest absolute Gasteiger partial charge is 0.469 e. The van der Waals surface area contributed by atoms with Crippen LogP contribution in [-0.4, -0.2) is 32.1 Å². The number of halogens is 1. The average Bonchev–Trinajstić information content (AvgIpc) is 3.04. The van der Waals surface area contributed by atoms with E-state index in [0.717, 1.165) is 44.7 Å². The number of methoxy groups -OCH3 is 1. The Bertz CT molecular complexity index is 439. The first kappa shape index (κ1) is 22.2. The van der Waals surface area contributed by atoms with Crippen molar-refractivity contribution in [3.63, 3.8) is 0 Å². The maximum Gasteiger partial charge on any atom is 0.305 e. The molecule has 7 heteroatoms. The van der Waals surface area contributed by atoms with Gasteiger partial charge in [0.05, 0.1) is 13.7 Å². The molecule has 132 valence electrons. The molecule has 0 aromatic carbocycles. The summed E-state index contributed by atoms with van der Waals surface area (Å²) in [6.45, 7) is 4.52. The SMILES string of the molecule is CCNC(=NCc1ccsc1)NCCCCCCC(=O)OC.I. The topological polar surface area (TPSA) is 62.7 Å². The van der Waals surface area contributed by atoms with Crippen molar-refractivity contribution in [2.75, 3.05) is 20.2 Å². The monoisotopic (exact) mass is 453 g/mol. The Balaban J connectivity index is 0.00000484. The lowest BCUT2D eigenvalue weighted by Gasteiger charge is -2.11. The van der Waals surface area contributed by atoms with Crippen LogP contribution in [0.3, 0.4) is 0 Å². The molecule has 0 bridgehead atoms. The summed E-state index contributed by atoms with van der Waals surface area (Å²) in [7, 11) is 1.43. The number of nitrogens with one attached hydrogen (secondary N) is 2.